The van der Waals surface area contributed by atoms with Gasteiger partial charge in [0.05, 0.1) is 0 Å². The van der Waals surface area contributed by atoms with Crippen LogP contribution in [0, 0.1) is 0 Å². The third-order valence-electron chi connectivity index (χ3n) is 3.94. The highest BCUT2D eigenvalue weighted by atomic mass is 14.9. The summed E-state index contributed by atoms with van der Waals surface area (Å²) in [5, 5.41) is 6.90. The van der Waals surface area contributed by atoms with E-state index in [0.29, 0.717) is 11.8 Å². The van der Waals surface area contributed by atoms with Crippen LogP contribution in [0.3, 0.4) is 0 Å². The van der Waals surface area contributed by atoms with E-state index in [2.05, 4.69) is 86.9 Å². The lowest BCUT2D eigenvalue weighted by Gasteiger charge is -2.11. The van der Waals surface area contributed by atoms with Crippen molar-refractivity contribution in [3.8, 4) is 0 Å². The second-order valence-electron chi connectivity index (χ2n) is 6.41. The van der Waals surface area contributed by atoms with E-state index in [1.165, 1.54) is 22.5 Å². The molecule has 0 unspecified atom stereocenters. The molecule has 0 saturated carbocycles. The molecule has 0 atom stereocenters. The molecular formula is C20H28N2. The summed E-state index contributed by atoms with van der Waals surface area (Å²) in [5.41, 5.74) is 5.13. The lowest BCUT2D eigenvalue weighted by molar-refractivity contribution is 0.866. The lowest BCUT2D eigenvalue weighted by Crippen LogP contribution is -2.13. The van der Waals surface area contributed by atoms with Gasteiger partial charge in [-0.2, -0.15) is 0 Å². The molecular weight excluding hydrogens is 268 g/mol. The Labute approximate surface area is 135 Å². The molecule has 2 rings (SSSR count). The van der Waals surface area contributed by atoms with Crippen molar-refractivity contribution in [3.63, 3.8) is 0 Å². The Morgan fingerprint density at radius 3 is 1.18 bits per heavy atom. The fourth-order valence-electron chi connectivity index (χ4n) is 2.39. The van der Waals surface area contributed by atoms with Crippen molar-refractivity contribution in [2.24, 2.45) is 0 Å². The molecule has 0 aliphatic carbocycles. The van der Waals surface area contributed by atoms with Gasteiger partial charge in [0, 0.05) is 24.5 Å². The molecule has 0 aromatic heterocycles. The normalized spacial score (nSPS) is 11.0. The van der Waals surface area contributed by atoms with Crippen LogP contribution in [0.25, 0.3) is 0 Å². The second kappa shape index (κ2) is 7.88. The fraction of sp³-hybridized carbons (Fsp3) is 0.400. The van der Waals surface area contributed by atoms with Gasteiger partial charge in [0.15, 0.2) is 0 Å². The maximum Gasteiger partial charge on any atom is 0.0340 e. The lowest BCUT2D eigenvalue weighted by atomic mass is 10.0. The molecule has 2 N–H and O–H groups in total. The zero-order valence-electron chi connectivity index (χ0n) is 14.2. The van der Waals surface area contributed by atoms with Crippen LogP contribution in [-0.2, 0) is 0 Å². The second-order valence-corrected chi connectivity index (χ2v) is 6.41. The summed E-state index contributed by atoms with van der Waals surface area (Å²) >= 11 is 0. The summed E-state index contributed by atoms with van der Waals surface area (Å²) in [6.45, 7) is 10.7. The van der Waals surface area contributed by atoms with Gasteiger partial charge in [-0.15, -0.1) is 0 Å². The maximum absolute atomic E-state index is 3.45. The van der Waals surface area contributed by atoms with Crippen molar-refractivity contribution in [2.75, 3.05) is 23.7 Å². The van der Waals surface area contributed by atoms with Crippen LogP contribution in [0.4, 0.5) is 11.4 Å². The molecule has 22 heavy (non-hydrogen) atoms. The number of rotatable bonds is 7. The summed E-state index contributed by atoms with van der Waals surface area (Å²) in [4.78, 5) is 0. The van der Waals surface area contributed by atoms with Crippen LogP contribution in [0.15, 0.2) is 48.5 Å². The Bertz CT molecular complexity index is 500. The van der Waals surface area contributed by atoms with Crippen molar-refractivity contribution in [2.45, 2.75) is 39.5 Å². The van der Waals surface area contributed by atoms with E-state index in [9.17, 15) is 0 Å². The van der Waals surface area contributed by atoms with Gasteiger partial charge < -0.3 is 10.6 Å². The number of benzene rings is 2. The minimum Gasteiger partial charge on any atom is -0.383 e. The Hall–Kier alpha value is -1.96. The molecule has 0 aliphatic heterocycles. The standard InChI is InChI=1S/C20H28N2/c1-15(2)17-5-9-19(10-6-17)21-13-14-22-20-11-7-18(8-12-20)16(3)4/h5-12,15-16,21-22H,13-14H2,1-4H3. The quantitative estimate of drug-likeness (QED) is 0.663. The van der Waals surface area contributed by atoms with Gasteiger partial charge in [0.25, 0.3) is 0 Å². The molecule has 2 heteroatoms. The molecule has 0 amide bonds. The molecule has 0 fully saturated rings. The highest BCUT2D eigenvalue weighted by Gasteiger charge is 2.00. The number of hydrogen-bond acceptors (Lipinski definition) is 2. The molecule has 2 aromatic rings. The number of hydrogen-bond donors (Lipinski definition) is 2. The van der Waals surface area contributed by atoms with Gasteiger partial charge in [-0.1, -0.05) is 52.0 Å². The Morgan fingerprint density at radius 2 is 0.909 bits per heavy atom. The molecule has 0 radical (unpaired) electrons. The SMILES string of the molecule is CC(C)c1ccc(NCCNc2ccc(C(C)C)cc2)cc1. The van der Waals surface area contributed by atoms with Crippen LogP contribution in [-0.4, -0.2) is 13.1 Å². The van der Waals surface area contributed by atoms with Crippen molar-refractivity contribution < 1.29 is 0 Å². The maximum atomic E-state index is 3.45. The minimum absolute atomic E-state index is 0.588. The van der Waals surface area contributed by atoms with E-state index in [4.69, 9.17) is 0 Å². The van der Waals surface area contributed by atoms with E-state index in [0.717, 1.165) is 13.1 Å². The van der Waals surface area contributed by atoms with Gasteiger partial charge in [-0.3, -0.25) is 0 Å². The first-order valence-corrected chi connectivity index (χ1v) is 8.24. The third-order valence-corrected chi connectivity index (χ3v) is 3.94. The Balaban J connectivity index is 1.74. The monoisotopic (exact) mass is 296 g/mol. The topological polar surface area (TPSA) is 24.1 Å². The van der Waals surface area contributed by atoms with E-state index >= 15 is 0 Å². The van der Waals surface area contributed by atoms with Crippen LogP contribution < -0.4 is 10.6 Å². The summed E-state index contributed by atoms with van der Waals surface area (Å²) in [5.74, 6) is 1.18. The van der Waals surface area contributed by atoms with Crippen LogP contribution in [0.1, 0.15) is 50.7 Å². The highest BCUT2D eigenvalue weighted by molar-refractivity contribution is 5.47. The largest absolute Gasteiger partial charge is 0.383 e. The van der Waals surface area contributed by atoms with E-state index in [-0.39, 0.29) is 0 Å². The van der Waals surface area contributed by atoms with Crippen molar-refractivity contribution in [1.29, 1.82) is 0 Å². The molecule has 2 nitrogen and oxygen atoms in total. The first-order chi connectivity index (χ1) is 10.6. The van der Waals surface area contributed by atoms with E-state index in [1.54, 1.807) is 0 Å². The third kappa shape index (κ3) is 4.80. The predicted octanol–water partition coefficient (Wildman–Crippen LogP) is 5.46. The molecule has 2 aromatic carbocycles. The van der Waals surface area contributed by atoms with Crippen LogP contribution in [0.2, 0.25) is 0 Å². The first kappa shape index (κ1) is 16.4. The fourth-order valence-corrected chi connectivity index (χ4v) is 2.39. The molecule has 0 heterocycles. The molecule has 0 saturated heterocycles. The van der Waals surface area contributed by atoms with Gasteiger partial charge in [0.2, 0.25) is 0 Å². The summed E-state index contributed by atoms with van der Waals surface area (Å²) in [6, 6.07) is 17.4. The summed E-state index contributed by atoms with van der Waals surface area (Å²) < 4.78 is 0. The van der Waals surface area contributed by atoms with Crippen LogP contribution in [0.5, 0.6) is 0 Å². The zero-order valence-corrected chi connectivity index (χ0v) is 14.2. The minimum atomic E-state index is 0.588. The van der Waals surface area contributed by atoms with Crippen molar-refractivity contribution in [3.05, 3.63) is 59.7 Å². The molecule has 118 valence electrons. The summed E-state index contributed by atoms with van der Waals surface area (Å²) in [7, 11) is 0. The predicted molar refractivity (Wildman–Crippen MR) is 98.0 cm³/mol. The molecule has 0 spiro atoms. The molecule has 0 bridgehead atoms. The van der Waals surface area contributed by atoms with Gasteiger partial charge in [-0.25, -0.2) is 0 Å². The Kier molecular flexibility index (Phi) is 5.88. The first-order valence-electron chi connectivity index (χ1n) is 8.24. The van der Waals surface area contributed by atoms with E-state index < -0.39 is 0 Å². The highest BCUT2D eigenvalue weighted by Crippen LogP contribution is 2.18. The van der Waals surface area contributed by atoms with Gasteiger partial charge in [0.1, 0.15) is 0 Å². The number of anilines is 2. The zero-order chi connectivity index (χ0) is 15.9. The van der Waals surface area contributed by atoms with Gasteiger partial charge >= 0.3 is 0 Å². The van der Waals surface area contributed by atoms with Gasteiger partial charge in [-0.05, 0) is 47.2 Å². The van der Waals surface area contributed by atoms with E-state index in [1.807, 2.05) is 0 Å². The summed E-state index contributed by atoms with van der Waals surface area (Å²) in [6.07, 6.45) is 0. The average molecular weight is 296 g/mol. The van der Waals surface area contributed by atoms with Crippen molar-refractivity contribution >= 4 is 11.4 Å². The smallest absolute Gasteiger partial charge is 0.0340 e. The molecule has 0 aliphatic rings. The Morgan fingerprint density at radius 1 is 0.591 bits per heavy atom. The average Bonchev–Trinajstić information content (AvgIpc) is 2.52. The van der Waals surface area contributed by atoms with Crippen LogP contribution >= 0.6 is 0 Å². The van der Waals surface area contributed by atoms with Crippen molar-refractivity contribution in [1.82, 2.24) is 0 Å². The number of nitrogens with one attached hydrogen (secondary N) is 2.